The summed E-state index contributed by atoms with van der Waals surface area (Å²) in [7, 11) is 1.61. The molecule has 2 aromatic rings. The molecule has 142 valence electrons. The average molecular weight is 360 g/mol. The summed E-state index contributed by atoms with van der Waals surface area (Å²) in [4.78, 5) is 2.38. The largest absolute Gasteiger partial charge is 0.493 e. The standard InChI is InChI=1S/C21H29FN2O2/c1-4-24(5-2)13-12-23-15-17-10-11-20(21(14-17)25-3)26-16-18-8-6-7-9-19(18)22/h6-11,14,23H,4-5,12-13,15-16H2,1-3H3. The highest BCUT2D eigenvalue weighted by Crippen LogP contribution is 2.29. The lowest BCUT2D eigenvalue weighted by molar-refractivity contribution is 0.279. The summed E-state index contributed by atoms with van der Waals surface area (Å²) in [6, 6.07) is 12.5. The predicted molar refractivity (Wildman–Crippen MR) is 103 cm³/mol. The Labute approximate surface area is 155 Å². The number of ether oxygens (including phenoxy) is 2. The van der Waals surface area contributed by atoms with Crippen molar-refractivity contribution in [2.75, 3.05) is 33.3 Å². The summed E-state index contributed by atoms with van der Waals surface area (Å²) >= 11 is 0. The molecule has 0 saturated carbocycles. The first kappa shape index (κ1) is 20.2. The molecule has 0 aromatic heterocycles. The quantitative estimate of drug-likeness (QED) is 0.617. The van der Waals surface area contributed by atoms with Crippen LogP contribution in [0.1, 0.15) is 25.0 Å². The highest BCUT2D eigenvalue weighted by molar-refractivity contribution is 5.43. The van der Waals surface area contributed by atoms with E-state index in [1.165, 1.54) is 6.07 Å². The summed E-state index contributed by atoms with van der Waals surface area (Å²) in [5, 5.41) is 3.45. The first-order valence-electron chi connectivity index (χ1n) is 9.14. The van der Waals surface area contributed by atoms with E-state index in [-0.39, 0.29) is 12.4 Å². The monoisotopic (exact) mass is 360 g/mol. The number of hydrogen-bond acceptors (Lipinski definition) is 4. The third kappa shape index (κ3) is 6.00. The number of benzene rings is 2. The molecular weight excluding hydrogens is 331 g/mol. The van der Waals surface area contributed by atoms with Crippen molar-refractivity contribution in [3.05, 3.63) is 59.4 Å². The number of likely N-dealkylation sites (N-methyl/N-ethyl adjacent to an activating group) is 1. The second kappa shape index (κ2) is 10.8. The average Bonchev–Trinajstić information content (AvgIpc) is 2.68. The van der Waals surface area contributed by atoms with Gasteiger partial charge in [-0.05, 0) is 36.9 Å². The zero-order chi connectivity index (χ0) is 18.8. The molecule has 5 heteroatoms. The topological polar surface area (TPSA) is 33.7 Å². The van der Waals surface area contributed by atoms with Gasteiger partial charge in [0, 0.05) is 25.2 Å². The van der Waals surface area contributed by atoms with Gasteiger partial charge >= 0.3 is 0 Å². The molecular formula is C21H29FN2O2. The maximum atomic E-state index is 13.7. The maximum Gasteiger partial charge on any atom is 0.161 e. The Kier molecular flexibility index (Phi) is 8.38. The third-order valence-corrected chi connectivity index (χ3v) is 4.40. The van der Waals surface area contributed by atoms with E-state index >= 15 is 0 Å². The molecule has 0 amide bonds. The Bertz CT molecular complexity index is 675. The molecule has 0 aliphatic carbocycles. The van der Waals surface area contributed by atoms with Crippen LogP contribution in [0.2, 0.25) is 0 Å². The second-order valence-corrected chi connectivity index (χ2v) is 6.07. The lowest BCUT2D eigenvalue weighted by Crippen LogP contribution is -2.31. The lowest BCUT2D eigenvalue weighted by atomic mass is 10.2. The molecule has 0 saturated heterocycles. The molecule has 0 radical (unpaired) electrons. The number of nitrogens with zero attached hydrogens (tertiary/aromatic N) is 1. The smallest absolute Gasteiger partial charge is 0.161 e. The van der Waals surface area contributed by atoms with E-state index in [1.54, 1.807) is 25.3 Å². The van der Waals surface area contributed by atoms with Crippen LogP contribution in [0.15, 0.2) is 42.5 Å². The van der Waals surface area contributed by atoms with Gasteiger partial charge < -0.3 is 19.7 Å². The molecule has 26 heavy (non-hydrogen) atoms. The summed E-state index contributed by atoms with van der Waals surface area (Å²) in [5.74, 6) is 1.01. The minimum absolute atomic E-state index is 0.171. The van der Waals surface area contributed by atoms with E-state index in [1.807, 2.05) is 18.2 Å². The number of nitrogens with one attached hydrogen (secondary N) is 1. The first-order chi connectivity index (χ1) is 12.7. The predicted octanol–water partition coefficient (Wildman–Crippen LogP) is 3.84. The molecule has 0 heterocycles. The number of hydrogen-bond donors (Lipinski definition) is 1. The van der Waals surface area contributed by atoms with Gasteiger partial charge in [-0.25, -0.2) is 4.39 Å². The van der Waals surface area contributed by atoms with Gasteiger partial charge in [-0.1, -0.05) is 38.1 Å². The molecule has 2 aromatic carbocycles. The normalized spacial score (nSPS) is 11.0. The fourth-order valence-corrected chi connectivity index (χ4v) is 2.72. The molecule has 0 atom stereocenters. The van der Waals surface area contributed by atoms with Gasteiger partial charge in [0.1, 0.15) is 12.4 Å². The minimum Gasteiger partial charge on any atom is -0.493 e. The fraction of sp³-hybridized carbons (Fsp3) is 0.429. The molecule has 0 aliphatic rings. The van der Waals surface area contributed by atoms with E-state index < -0.39 is 0 Å². The van der Waals surface area contributed by atoms with E-state index in [9.17, 15) is 4.39 Å². The van der Waals surface area contributed by atoms with Crippen LogP contribution in [-0.4, -0.2) is 38.2 Å². The molecule has 4 nitrogen and oxygen atoms in total. The van der Waals surface area contributed by atoms with Gasteiger partial charge in [-0.2, -0.15) is 0 Å². The van der Waals surface area contributed by atoms with Gasteiger partial charge in [0.2, 0.25) is 0 Å². The van der Waals surface area contributed by atoms with Crippen LogP contribution in [0.4, 0.5) is 4.39 Å². The summed E-state index contributed by atoms with van der Waals surface area (Å²) < 4.78 is 24.9. The van der Waals surface area contributed by atoms with Crippen molar-refractivity contribution in [2.45, 2.75) is 27.0 Å². The van der Waals surface area contributed by atoms with Crippen LogP contribution in [-0.2, 0) is 13.2 Å². The van der Waals surface area contributed by atoms with Crippen molar-refractivity contribution in [3.63, 3.8) is 0 Å². The zero-order valence-electron chi connectivity index (χ0n) is 15.9. The van der Waals surface area contributed by atoms with Crippen molar-refractivity contribution < 1.29 is 13.9 Å². The Morgan fingerprint density at radius 1 is 1.04 bits per heavy atom. The van der Waals surface area contributed by atoms with Crippen LogP contribution in [0.3, 0.4) is 0 Å². The SMILES string of the molecule is CCN(CC)CCNCc1ccc(OCc2ccccc2F)c(OC)c1. The van der Waals surface area contributed by atoms with Crippen molar-refractivity contribution >= 4 is 0 Å². The van der Waals surface area contributed by atoms with Crippen molar-refractivity contribution in [3.8, 4) is 11.5 Å². The van der Waals surface area contributed by atoms with Gasteiger partial charge in [0.15, 0.2) is 11.5 Å². The maximum absolute atomic E-state index is 13.7. The fourth-order valence-electron chi connectivity index (χ4n) is 2.72. The van der Waals surface area contributed by atoms with E-state index in [4.69, 9.17) is 9.47 Å². The Balaban J connectivity index is 1.89. The van der Waals surface area contributed by atoms with E-state index in [0.29, 0.717) is 17.1 Å². The van der Waals surface area contributed by atoms with Crippen LogP contribution in [0.25, 0.3) is 0 Å². The van der Waals surface area contributed by atoms with Crippen LogP contribution < -0.4 is 14.8 Å². The molecule has 2 rings (SSSR count). The van der Waals surface area contributed by atoms with E-state index in [2.05, 4.69) is 24.1 Å². The van der Waals surface area contributed by atoms with Crippen LogP contribution in [0, 0.1) is 5.82 Å². The molecule has 0 fully saturated rings. The van der Waals surface area contributed by atoms with Crippen LogP contribution >= 0.6 is 0 Å². The summed E-state index contributed by atoms with van der Waals surface area (Å²) in [6.45, 7) is 9.40. The lowest BCUT2D eigenvalue weighted by Gasteiger charge is -2.18. The first-order valence-corrected chi connectivity index (χ1v) is 9.14. The Hall–Kier alpha value is -2.11. The van der Waals surface area contributed by atoms with Crippen molar-refractivity contribution in [1.29, 1.82) is 0 Å². The summed E-state index contributed by atoms with van der Waals surface area (Å²) in [5.41, 5.74) is 1.65. The number of halogens is 1. The molecule has 0 aliphatic heterocycles. The Morgan fingerprint density at radius 3 is 2.50 bits per heavy atom. The van der Waals surface area contributed by atoms with Gasteiger partial charge in [-0.3, -0.25) is 0 Å². The molecule has 1 N–H and O–H groups in total. The molecule has 0 unspecified atom stereocenters. The highest BCUT2D eigenvalue weighted by atomic mass is 19.1. The van der Waals surface area contributed by atoms with E-state index in [0.717, 1.165) is 38.3 Å². The minimum atomic E-state index is -0.263. The molecule has 0 spiro atoms. The van der Waals surface area contributed by atoms with Gasteiger partial charge in [0.25, 0.3) is 0 Å². The van der Waals surface area contributed by atoms with Crippen molar-refractivity contribution in [2.24, 2.45) is 0 Å². The van der Waals surface area contributed by atoms with Crippen LogP contribution in [0.5, 0.6) is 11.5 Å². The highest BCUT2D eigenvalue weighted by Gasteiger charge is 2.08. The third-order valence-electron chi connectivity index (χ3n) is 4.40. The van der Waals surface area contributed by atoms with Gasteiger partial charge in [0.05, 0.1) is 7.11 Å². The summed E-state index contributed by atoms with van der Waals surface area (Å²) in [6.07, 6.45) is 0. The Morgan fingerprint density at radius 2 is 1.81 bits per heavy atom. The number of rotatable bonds is 11. The van der Waals surface area contributed by atoms with Crippen molar-refractivity contribution in [1.82, 2.24) is 10.2 Å². The van der Waals surface area contributed by atoms with Gasteiger partial charge in [-0.15, -0.1) is 0 Å². The number of methoxy groups -OCH3 is 1. The molecule has 0 bridgehead atoms. The second-order valence-electron chi connectivity index (χ2n) is 6.07. The zero-order valence-corrected chi connectivity index (χ0v) is 15.9.